The minimum atomic E-state index is -0.771. The Morgan fingerprint density at radius 1 is 1.13 bits per heavy atom. The second-order valence-corrected chi connectivity index (χ2v) is 8.26. The van der Waals surface area contributed by atoms with Crippen molar-refractivity contribution in [3.05, 3.63) is 72.3 Å². The fourth-order valence-electron chi connectivity index (χ4n) is 4.85. The maximum absolute atomic E-state index is 13.4. The molecule has 31 heavy (non-hydrogen) atoms. The van der Waals surface area contributed by atoms with Gasteiger partial charge in [-0.3, -0.25) is 14.4 Å². The summed E-state index contributed by atoms with van der Waals surface area (Å²) in [6, 6.07) is 16.8. The Balaban J connectivity index is 1.34. The van der Waals surface area contributed by atoms with Crippen molar-refractivity contribution in [2.75, 3.05) is 16.8 Å². The molecule has 7 nitrogen and oxygen atoms in total. The van der Waals surface area contributed by atoms with Crippen molar-refractivity contribution >= 4 is 29.1 Å². The Kier molecular flexibility index (Phi) is 4.63. The highest BCUT2D eigenvalue weighted by Gasteiger charge is 2.67. The predicted molar refractivity (Wildman–Crippen MR) is 115 cm³/mol. The molecule has 2 aromatic rings. The summed E-state index contributed by atoms with van der Waals surface area (Å²) >= 11 is 0. The molecule has 0 saturated carbocycles. The Hall–Kier alpha value is -3.45. The SMILES string of the molecule is CC(=O)Nc1ccc(N2C[C@]34C=C[C@@H](O3)[C@@H](C(=O)NCc3ccccc3)[C@H]4C2=O)cc1. The third-order valence-electron chi connectivity index (χ3n) is 6.21. The second kappa shape index (κ2) is 7.35. The summed E-state index contributed by atoms with van der Waals surface area (Å²) in [6.07, 6.45) is 3.46. The average Bonchev–Trinajstić information content (AvgIpc) is 3.41. The van der Waals surface area contributed by atoms with Crippen LogP contribution in [0.2, 0.25) is 0 Å². The molecule has 1 spiro atoms. The number of nitrogens with zero attached hydrogens (tertiary/aromatic N) is 1. The fourth-order valence-corrected chi connectivity index (χ4v) is 4.85. The van der Waals surface area contributed by atoms with Gasteiger partial charge in [0.2, 0.25) is 17.7 Å². The van der Waals surface area contributed by atoms with Crippen LogP contribution in [0, 0.1) is 11.8 Å². The Morgan fingerprint density at radius 3 is 2.58 bits per heavy atom. The highest BCUT2D eigenvalue weighted by molar-refractivity contribution is 6.03. The highest BCUT2D eigenvalue weighted by atomic mass is 16.5. The van der Waals surface area contributed by atoms with Gasteiger partial charge in [0, 0.05) is 24.8 Å². The molecule has 0 radical (unpaired) electrons. The van der Waals surface area contributed by atoms with E-state index < -0.39 is 17.4 Å². The van der Waals surface area contributed by atoms with Gasteiger partial charge in [-0.15, -0.1) is 0 Å². The predicted octanol–water partition coefficient (Wildman–Crippen LogP) is 2.25. The van der Waals surface area contributed by atoms with Crippen molar-refractivity contribution in [2.45, 2.75) is 25.2 Å². The van der Waals surface area contributed by atoms with Crippen LogP contribution in [0.3, 0.4) is 0 Å². The van der Waals surface area contributed by atoms with E-state index in [0.717, 1.165) is 5.56 Å². The lowest BCUT2D eigenvalue weighted by Crippen LogP contribution is -2.43. The number of carbonyl (C=O) groups is 3. The maximum Gasteiger partial charge on any atom is 0.234 e. The number of fused-ring (bicyclic) bond motifs is 1. The summed E-state index contributed by atoms with van der Waals surface area (Å²) in [5.74, 6) is -1.53. The summed E-state index contributed by atoms with van der Waals surface area (Å²) in [5, 5.41) is 5.69. The largest absolute Gasteiger partial charge is 0.360 e. The van der Waals surface area contributed by atoms with Gasteiger partial charge in [-0.25, -0.2) is 0 Å². The first-order valence-electron chi connectivity index (χ1n) is 10.3. The monoisotopic (exact) mass is 417 g/mol. The molecule has 3 aliphatic rings. The first-order valence-corrected chi connectivity index (χ1v) is 10.3. The molecule has 3 aliphatic heterocycles. The van der Waals surface area contributed by atoms with Gasteiger partial charge in [0.15, 0.2) is 0 Å². The van der Waals surface area contributed by atoms with Crippen LogP contribution in [-0.4, -0.2) is 36.0 Å². The second-order valence-electron chi connectivity index (χ2n) is 8.26. The van der Waals surface area contributed by atoms with Gasteiger partial charge in [-0.2, -0.15) is 0 Å². The quantitative estimate of drug-likeness (QED) is 0.731. The van der Waals surface area contributed by atoms with Gasteiger partial charge >= 0.3 is 0 Å². The van der Waals surface area contributed by atoms with Crippen LogP contribution < -0.4 is 15.5 Å². The lowest BCUT2D eigenvalue weighted by Gasteiger charge is -2.23. The van der Waals surface area contributed by atoms with Crippen molar-refractivity contribution < 1.29 is 19.1 Å². The maximum atomic E-state index is 13.4. The number of anilines is 2. The zero-order valence-electron chi connectivity index (χ0n) is 17.1. The third kappa shape index (κ3) is 3.31. The molecule has 2 saturated heterocycles. The summed E-state index contributed by atoms with van der Waals surface area (Å²) in [6.45, 7) is 2.22. The molecule has 5 rings (SSSR count). The van der Waals surface area contributed by atoms with Gasteiger partial charge in [0.1, 0.15) is 5.60 Å². The van der Waals surface area contributed by atoms with E-state index in [-0.39, 0.29) is 23.8 Å². The molecule has 0 unspecified atom stereocenters. The Labute approximate surface area is 180 Å². The van der Waals surface area contributed by atoms with Crippen molar-refractivity contribution in [1.82, 2.24) is 5.32 Å². The van der Waals surface area contributed by atoms with Crippen molar-refractivity contribution in [1.29, 1.82) is 0 Å². The highest BCUT2D eigenvalue weighted by Crippen LogP contribution is 2.52. The third-order valence-corrected chi connectivity index (χ3v) is 6.21. The van der Waals surface area contributed by atoms with E-state index in [1.54, 1.807) is 29.2 Å². The van der Waals surface area contributed by atoms with E-state index >= 15 is 0 Å². The van der Waals surface area contributed by atoms with E-state index in [9.17, 15) is 14.4 Å². The molecule has 0 aliphatic carbocycles. The van der Waals surface area contributed by atoms with Crippen LogP contribution >= 0.6 is 0 Å². The standard InChI is InChI=1S/C24H23N3O4/c1-15(28)26-17-7-9-18(10-8-17)27-14-24-12-11-19(31-24)20(21(24)23(27)30)22(29)25-13-16-5-3-2-4-6-16/h2-12,19-21H,13-14H2,1H3,(H,25,29)(H,26,28)/t19-,20-,21+,24+/m1/s1. The van der Waals surface area contributed by atoms with E-state index in [0.29, 0.717) is 24.5 Å². The molecule has 3 amide bonds. The molecular weight excluding hydrogens is 394 g/mol. The molecule has 7 heteroatoms. The number of carbonyl (C=O) groups excluding carboxylic acids is 3. The normalized spacial score (nSPS) is 28.0. The molecule has 3 heterocycles. The summed E-state index contributed by atoms with van der Waals surface area (Å²) < 4.78 is 6.18. The number of nitrogens with one attached hydrogen (secondary N) is 2. The van der Waals surface area contributed by atoms with Gasteiger partial charge in [0.25, 0.3) is 0 Å². The van der Waals surface area contributed by atoms with E-state index in [1.807, 2.05) is 42.5 Å². The average molecular weight is 417 g/mol. The molecule has 4 atom stereocenters. The molecule has 2 N–H and O–H groups in total. The van der Waals surface area contributed by atoms with Gasteiger partial charge in [-0.1, -0.05) is 42.5 Å². The topological polar surface area (TPSA) is 87.7 Å². The van der Waals surface area contributed by atoms with Crippen LogP contribution in [0.25, 0.3) is 0 Å². The molecule has 2 aromatic carbocycles. The van der Waals surface area contributed by atoms with E-state index in [1.165, 1.54) is 6.92 Å². The van der Waals surface area contributed by atoms with Crippen molar-refractivity contribution in [3.63, 3.8) is 0 Å². The Morgan fingerprint density at radius 2 is 1.87 bits per heavy atom. The zero-order chi connectivity index (χ0) is 21.6. The van der Waals surface area contributed by atoms with Crippen LogP contribution in [0.4, 0.5) is 11.4 Å². The Bertz CT molecular complexity index is 1070. The van der Waals surface area contributed by atoms with Crippen LogP contribution in [0.1, 0.15) is 12.5 Å². The summed E-state index contributed by atoms with van der Waals surface area (Å²) in [4.78, 5) is 39.3. The van der Waals surface area contributed by atoms with E-state index in [4.69, 9.17) is 4.74 Å². The minimum Gasteiger partial charge on any atom is -0.360 e. The molecule has 2 bridgehead atoms. The van der Waals surface area contributed by atoms with Crippen LogP contribution in [-0.2, 0) is 25.7 Å². The number of rotatable bonds is 5. The molecule has 0 aromatic heterocycles. The van der Waals surface area contributed by atoms with Crippen molar-refractivity contribution in [3.8, 4) is 0 Å². The van der Waals surface area contributed by atoms with Gasteiger partial charge in [0.05, 0.1) is 24.5 Å². The summed E-state index contributed by atoms with van der Waals surface area (Å²) in [5.41, 5.74) is 1.61. The number of hydrogen-bond donors (Lipinski definition) is 2. The first-order chi connectivity index (χ1) is 15.0. The van der Waals surface area contributed by atoms with Crippen LogP contribution in [0.5, 0.6) is 0 Å². The van der Waals surface area contributed by atoms with Gasteiger partial charge < -0.3 is 20.3 Å². The smallest absolute Gasteiger partial charge is 0.234 e. The first kappa shape index (κ1) is 19.5. The summed E-state index contributed by atoms with van der Waals surface area (Å²) in [7, 11) is 0. The zero-order valence-corrected chi connectivity index (χ0v) is 17.1. The van der Waals surface area contributed by atoms with Crippen LogP contribution in [0.15, 0.2) is 66.7 Å². The molecule has 2 fully saturated rings. The number of amides is 3. The lowest BCUT2D eigenvalue weighted by atomic mass is 9.77. The fraction of sp³-hybridized carbons (Fsp3) is 0.292. The van der Waals surface area contributed by atoms with Gasteiger partial charge in [-0.05, 0) is 29.8 Å². The van der Waals surface area contributed by atoms with E-state index in [2.05, 4.69) is 10.6 Å². The number of ether oxygens (including phenoxy) is 1. The number of hydrogen-bond acceptors (Lipinski definition) is 4. The minimum absolute atomic E-state index is 0.112. The number of benzene rings is 2. The molecular formula is C24H23N3O4. The van der Waals surface area contributed by atoms with Crippen molar-refractivity contribution in [2.24, 2.45) is 11.8 Å². The molecule has 158 valence electrons. The lowest BCUT2D eigenvalue weighted by molar-refractivity contribution is -0.132.